The normalized spacial score (nSPS) is 18.8. The molecule has 1 saturated heterocycles. The Kier molecular flexibility index (Phi) is 5.11. The van der Waals surface area contributed by atoms with E-state index in [2.05, 4.69) is 5.32 Å². The first kappa shape index (κ1) is 15.3. The summed E-state index contributed by atoms with van der Waals surface area (Å²) in [4.78, 5) is 24.8. The fraction of sp³-hybridized carbons (Fsp3) is 0.375. The number of rotatable bonds is 3. The molecule has 1 aliphatic heterocycles. The van der Waals surface area contributed by atoms with Crippen LogP contribution < -0.4 is 5.32 Å². The highest BCUT2D eigenvalue weighted by Crippen LogP contribution is 2.11. The van der Waals surface area contributed by atoms with Crippen molar-refractivity contribution in [2.75, 3.05) is 25.0 Å². The summed E-state index contributed by atoms with van der Waals surface area (Å²) in [6.07, 6.45) is 3.44. The molecule has 112 valence electrons. The molecule has 0 bridgehead atoms. The van der Waals surface area contributed by atoms with Crippen LogP contribution in [0.2, 0.25) is 0 Å². The number of hydrogen-bond donors (Lipinski definition) is 1. The van der Waals surface area contributed by atoms with Crippen molar-refractivity contribution in [1.29, 1.82) is 0 Å². The van der Waals surface area contributed by atoms with Crippen LogP contribution in [0.15, 0.2) is 30.3 Å². The second kappa shape index (κ2) is 7.04. The zero-order valence-electron chi connectivity index (χ0n) is 12.3. The summed E-state index contributed by atoms with van der Waals surface area (Å²) in [5.74, 6) is -0.106. The molecule has 1 aromatic carbocycles. The van der Waals surface area contributed by atoms with Gasteiger partial charge in [-0.1, -0.05) is 12.1 Å². The largest absolute Gasteiger partial charge is 0.375 e. The van der Waals surface area contributed by atoms with E-state index in [1.165, 1.54) is 6.92 Å². The third kappa shape index (κ3) is 4.72. The van der Waals surface area contributed by atoms with Gasteiger partial charge in [0.15, 0.2) is 0 Å². The molecule has 1 aromatic rings. The molecule has 5 nitrogen and oxygen atoms in total. The van der Waals surface area contributed by atoms with Crippen molar-refractivity contribution in [2.24, 2.45) is 0 Å². The van der Waals surface area contributed by atoms with Crippen LogP contribution in [0.4, 0.5) is 5.69 Å². The molecule has 1 N–H and O–H groups in total. The zero-order chi connectivity index (χ0) is 15.2. The molecule has 21 heavy (non-hydrogen) atoms. The van der Waals surface area contributed by atoms with Gasteiger partial charge in [-0.2, -0.15) is 0 Å². The summed E-state index contributed by atoms with van der Waals surface area (Å²) >= 11 is 0. The van der Waals surface area contributed by atoms with Gasteiger partial charge in [0, 0.05) is 31.8 Å². The van der Waals surface area contributed by atoms with Gasteiger partial charge in [-0.05, 0) is 30.7 Å². The molecule has 0 saturated carbocycles. The van der Waals surface area contributed by atoms with Crippen molar-refractivity contribution >= 4 is 23.6 Å². The fourth-order valence-electron chi connectivity index (χ4n) is 2.17. The molecule has 1 atom stereocenters. The average Bonchev–Trinajstić information content (AvgIpc) is 2.45. The molecule has 0 aromatic heterocycles. The van der Waals surface area contributed by atoms with Crippen LogP contribution in [0.5, 0.6) is 0 Å². The quantitative estimate of drug-likeness (QED) is 0.864. The van der Waals surface area contributed by atoms with E-state index in [0.29, 0.717) is 19.7 Å². The topological polar surface area (TPSA) is 58.6 Å². The van der Waals surface area contributed by atoms with Gasteiger partial charge in [0.1, 0.15) is 0 Å². The summed E-state index contributed by atoms with van der Waals surface area (Å²) in [5, 5.41) is 2.70. The number of carbonyl (C=O) groups is 2. The lowest BCUT2D eigenvalue weighted by Gasteiger charge is -2.30. The van der Waals surface area contributed by atoms with E-state index < -0.39 is 0 Å². The number of anilines is 1. The fourth-order valence-corrected chi connectivity index (χ4v) is 2.17. The molecule has 1 fully saturated rings. The number of morpholine rings is 1. The SMILES string of the molecule is CC(=O)Nc1ccc(/C=C/C(=O)N2CCOC(C)C2)cc1. The predicted molar refractivity (Wildman–Crippen MR) is 81.8 cm³/mol. The van der Waals surface area contributed by atoms with E-state index in [4.69, 9.17) is 4.74 Å². The Morgan fingerprint density at radius 1 is 1.33 bits per heavy atom. The number of hydrogen-bond acceptors (Lipinski definition) is 3. The first-order valence-corrected chi connectivity index (χ1v) is 7.01. The number of benzene rings is 1. The van der Waals surface area contributed by atoms with Crippen LogP contribution in [-0.4, -0.2) is 42.5 Å². The molecule has 0 spiro atoms. The molecule has 0 radical (unpaired) electrons. The maximum Gasteiger partial charge on any atom is 0.246 e. The van der Waals surface area contributed by atoms with Gasteiger partial charge in [-0.25, -0.2) is 0 Å². The van der Waals surface area contributed by atoms with Crippen molar-refractivity contribution in [3.05, 3.63) is 35.9 Å². The van der Waals surface area contributed by atoms with Gasteiger partial charge in [-0.3, -0.25) is 9.59 Å². The first-order chi connectivity index (χ1) is 10.0. The smallest absolute Gasteiger partial charge is 0.246 e. The van der Waals surface area contributed by atoms with Gasteiger partial charge in [0.25, 0.3) is 0 Å². The van der Waals surface area contributed by atoms with Crippen LogP contribution >= 0.6 is 0 Å². The highest BCUT2D eigenvalue weighted by atomic mass is 16.5. The van der Waals surface area contributed by atoms with Crippen LogP contribution in [0, 0.1) is 0 Å². The Bertz CT molecular complexity index is 537. The van der Waals surface area contributed by atoms with E-state index in [9.17, 15) is 9.59 Å². The molecule has 1 aliphatic rings. The standard InChI is InChI=1S/C16H20N2O3/c1-12-11-18(9-10-21-12)16(20)8-5-14-3-6-15(7-4-14)17-13(2)19/h3-8,12H,9-11H2,1-2H3,(H,17,19)/b8-5+. The van der Waals surface area contributed by atoms with E-state index in [1.807, 2.05) is 31.2 Å². The Morgan fingerprint density at radius 2 is 2.05 bits per heavy atom. The molecule has 2 amide bonds. The molecule has 1 heterocycles. The van der Waals surface area contributed by atoms with E-state index in [1.54, 1.807) is 17.1 Å². The van der Waals surface area contributed by atoms with Gasteiger partial charge in [-0.15, -0.1) is 0 Å². The minimum atomic E-state index is -0.102. The number of ether oxygens (including phenoxy) is 1. The van der Waals surface area contributed by atoms with Crippen LogP contribution in [0.1, 0.15) is 19.4 Å². The van der Waals surface area contributed by atoms with Crippen molar-refractivity contribution in [3.8, 4) is 0 Å². The maximum absolute atomic E-state index is 12.1. The second-order valence-electron chi connectivity index (χ2n) is 5.10. The van der Waals surface area contributed by atoms with Crippen molar-refractivity contribution in [1.82, 2.24) is 4.90 Å². The highest BCUT2D eigenvalue weighted by Gasteiger charge is 2.19. The highest BCUT2D eigenvalue weighted by molar-refractivity contribution is 5.92. The molecule has 1 unspecified atom stereocenters. The summed E-state index contributed by atoms with van der Waals surface area (Å²) in [6, 6.07) is 7.33. The number of amides is 2. The lowest BCUT2D eigenvalue weighted by Crippen LogP contribution is -2.43. The number of carbonyl (C=O) groups excluding carboxylic acids is 2. The third-order valence-electron chi connectivity index (χ3n) is 3.20. The van der Waals surface area contributed by atoms with Crippen molar-refractivity contribution in [2.45, 2.75) is 20.0 Å². The van der Waals surface area contributed by atoms with E-state index in [0.717, 1.165) is 11.3 Å². The Balaban J connectivity index is 1.93. The summed E-state index contributed by atoms with van der Waals surface area (Å²) in [7, 11) is 0. The summed E-state index contributed by atoms with van der Waals surface area (Å²) < 4.78 is 5.41. The maximum atomic E-state index is 12.1. The van der Waals surface area contributed by atoms with Gasteiger partial charge >= 0.3 is 0 Å². The van der Waals surface area contributed by atoms with Gasteiger partial charge < -0.3 is 15.0 Å². The Hall–Kier alpha value is -2.14. The molecule has 5 heteroatoms. The number of nitrogens with one attached hydrogen (secondary N) is 1. The summed E-state index contributed by atoms with van der Waals surface area (Å²) in [5.41, 5.74) is 1.66. The average molecular weight is 288 g/mol. The molecular weight excluding hydrogens is 268 g/mol. The Labute approximate surface area is 124 Å². The Morgan fingerprint density at radius 3 is 2.67 bits per heavy atom. The summed E-state index contributed by atoms with van der Waals surface area (Å²) in [6.45, 7) is 5.28. The van der Waals surface area contributed by atoms with Crippen LogP contribution in [0.25, 0.3) is 6.08 Å². The van der Waals surface area contributed by atoms with Crippen molar-refractivity contribution in [3.63, 3.8) is 0 Å². The lowest BCUT2D eigenvalue weighted by molar-refractivity contribution is -0.132. The molecule has 2 rings (SSSR count). The molecule has 0 aliphatic carbocycles. The first-order valence-electron chi connectivity index (χ1n) is 7.01. The van der Waals surface area contributed by atoms with E-state index >= 15 is 0 Å². The zero-order valence-corrected chi connectivity index (χ0v) is 12.3. The van der Waals surface area contributed by atoms with Crippen LogP contribution in [0.3, 0.4) is 0 Å². The van der Waals surface area contributed by atoms with Crippen molar-refractivity contribution < 1.29 is 14.3 Å². The van der Waals surface area contributed by atoms with Gasteiger partial charge in [0.05, 0.1) is 12.7 Å². The lowest BCUT2D eigenvalue weighted by atomic mass is 10.2. The minimum Gasteiger partial charge on any atom is -0.375 e. The number of nitrogens with zero attached hydrogens (tertiary/aromatic N) is 1. The van der Waals surface area contributed by atoms with Gasteiger partial charge in [0.2, 0.25) is 11.8 Å². The minimum absolute atomic E-state index is 0.00362. The monoisotopic (exact) mass is 288 g/mol. The van der Waals surface area contributed by atoms with Crippen LogP contribution in [-0.2, 0) is 14.3 Å². The second-order valence-corrected chi connectivity index (χ2v) is 5.10. The third-order valence-corrected chi connectivity index (χ3v) is 3.20. The predicted octanol–water partition coefficient (Wildman–Crippen LogP) is 1.91. The van der Waals surface area contributed by atoms with E-state index in [-0.39, 0.29) is 17.9 Å². The molecular formula is C16H20N2O3.